The predicted octanol–water partition coefficient (Wildman–Crippen LogP) is 15.3. The molecule has 0 aliphatic heterocycles. The van der Waals surface area contributed by atoms with E-state index in [0.717, 1.165) is 105 Å². The van der Waals surface area contributed by atoms with E-state index in [0.29, 0.717) is 0 Å². The second kappa shape index (κ2) is 12.0. The molecule has 12 rings (SSSR count). The van der Waals surface area contributed by atoms with Gasteiger partial charge in [-0.15, -0.1) is 0 Å². The van der Waals surface area contributed by atoms with Crippen molar-refractivity contribution in [1.29, 1.82) is 0 Å². The molecule has 0 amide bonds. The van der Waals surface area contributed by atoms with Crippen molar-refractivity contribution in [3.05, 3.63) is 188 Å². The molecule has 0 unspecified atom stereocenters. The van der Waals surface area contributed by atoms with Crippen LogP contribution in [0.15, 0.2) is 201 Å². The second-order valence-corrected chi connectivity index (χ2v) is 14.4. The highest BCUT2D eigenvalue weighted by Gasteiger charge is 2.20. The third-order valence-corrected chi connectivity index (χ3v) is 11.3. The minimum atomic E-state index is 0.837. The standard InChI is InChI=1S/C52H31NO3/c1-2-13-35(14-3-1)53(46-21-8-12-32-11-4-5-15-37(32)46)36-25-27-42-45-29-33(24-28-48(45)55-50(42)31-36)38-17-9-19-43-44-20-10-18-39(52(44)56-51(38)43)34-23-26-41-40-16-6-7-22-47(40)54-49(41)30-34/h1-31H. The van der Waals surface area contributed by atoms with Crippen LogP contribution in [0, 0.1) is 0 Å². The maximum Gasteiger partial charge on any atom is 0.143 e. The number of anilines is 3. The van der Waals surface area contributed by atoms with Crippen LogP contribution >= 0.6 is 0 Å². The van der Waals surface area contributed by atoms with E-state index in [-0.39, 0.29) is 0 Å². The number of nitrogens with zero attached hydrogens (tertiary/aromatic N) is 1. The summed E-state index contributed by atoms with van der Waals surface area (Å²) >= 11 is 0. The Kier molecular flexibility index (Phi) is 6.60. The highest BCUT2D eigenvalue weighted by Crippen LogP contribution is 2.44. The molecule has 12 aromatic rings. The third-order valence-electron chi connectivity index (χ3n) is 11.3. The van der Waals surface area contributed by atoms with Gasteiger partial charge in [0.25, 0.3) is 0 Å². The highest BCUT2D eigenvalue weighted by molar-refractivity contribution is 6.15. The smallest absolute Gasteiger partial charge is 0.143 e. The summed E-state index contributed by atoms with van der Waals surface area (Å²) in [4.78, 5) is 2.31. The number of fused-ring (bicyclic) bond motifs is 10. The Hall–Kier alpha value is -7.56. The maximum atomic E-state index is 6.87. The highest BCUT2D eigenvalue weighted by atomic mass is 16.3. The van der Waals surface area contributed by atoms with Gasteiger partial charge in [-0.3, -0.25) is 0 Å². The van der Waals surface area contributed by atoms with Gasteiger partial charge in [-0.2, -0.15) is 0 Å². The molecule has 0 spiro atoms. The molecular weight excluding hydrogens is 687 g/mol. The molecule has 0 radical (unpaired) electrons. The van der Waals surface area contributed by atoms with Crippen molar-refractivity contribution in [1.82, 2.24) is 0 Å². The van der Waals surface area contributed by atoms with Crippen molar-refractivity contribution in [2.24, 2.45) is 0 Å². The fourth-order valence-electron chi connectivity index (χ4n) is 8.65. The zero-order valence-electron chi connectivity index (χ0n) is 30.1. The van der Waals surface area contributed by atoms with Crippen LogP contribution < -0.4 is 4.90 Å². The SMILES string of the molecule is c1ccc(N(c2ccc3c(c2)oc2ccc(-c4cccc5c4oc4c(-c6ccc7c(c6)oc6ccccc67)cccc45)cc23)c2cccc3ccccc23)cc1. The molecule has 9 aromatic carbocycles. The van der Waals surface area contributed by atoms with Gasteiger partial charge in [0.05, 0.1) is 5.69 Å². The first-order valence-corrected chi connectivity index (χ1v) is 18.9. The number of rotatable bonds is 5. The predicted molar refractivity (Wildman–Crippen MR) is 231 cm³/mol. The van der Waals surface area contributed by atoms with E-state index >= 15 is 0 Å². The summed E-state index contributed by atoms with van der Waals surface area (Å²) < 4.78 is 19.7. The van der Waals surface area contributed by atoms with Crippen molar-refractivity contribution < 1.29 is 13.3 Å². The van der Waals surface area contributed by atoms with Gasteiger partial charge in [0.2, 0.25) is 0 Å². The second-order valence-electron chi connectivity index (χ2n) is 14.4. The molecule has 4 heteroatoms. The summed E-state index contributed by atoms with van der Waals surface area (Å²) in [6, 6.07) is 66.0. The zero-order valence-corrected chi connectivity index (χ0v) is 30.1. The molecule has 3 aromatic heterocycles. The van der Waals surface area contributed by atoms with Crippen LogP contribution in [0.5, 0.6) is 0 Å². The maximum absolute atomic E-state index is 6.87. The Morgan fingerprint density at radius 3 is 1.70 bits per heavy atom. The molecule has 0 N–H and O–H groups in total. The molecule has 262 valence electrons. The van der Waals surface area contributed by atoms with Gasteiger partial charge in [0.15, 0.2) is 0 Å². The van der Waals surface area contributed by atoms with Crippen LogP contribution in [0.2, 0.25) is 0 Å². The Morgan fingerprint density at radius 1 is 0.304 bits per heavy atom. The number of hydrogen-bond donors (Lipinski definition) is 0. The average molecular weight is 718 g/mol. The van der Waals surface area contributed by atoms with Crippen molar-refractivity contribution in [2.45, 2.75) is 0 Å². The van der Waals surface area contributed by atoms with E-state index in [4.69, 9.17) is 13.3 Å². The zero-order chi connectivity index (χ0) is 36.7. The Balaban J connectivity index is 0.977. The van der Waals surface area contributed by atoms with Crippen molar-refractivity contribution >= 4 is 93.7 Å². The molecule has 0 aliphatic carbocycles. The molecule has 56 heavy (non-hydrogen) atoms. The van der Waals surface area contributed by atoms with Crippen LogP contribution in [0.25, 0.3) is 98.8 Å². The molecule has 0 aliphatic rings. The first kappa shape index (κ1) is 30.9. The van der Waals surface area contributed by atoms with Crippen LogP contribution in [-0.4, -0.2) is 0 Å². The molecule has 4 nitrogen and oxygen atoms in total. The van der Waals surface area contributed by atoms with Crippen molar-refractivity contribution in [3.8, 4) is 22.3 Å². The van der Waals surface area contributed by atoms with Gasteiger partial charge in [-0.1, -0.05) is 121 Å². The van der Waals surface area contributed by atoms with E-state index in [1.807, 2.05) is 12.1 Å². The summed E-state index contributed by atoms with van der Waals surface area (Å²) in [7, 11) is 0. The van der Waals surface area contributed by atoms with Gasteiger partial charge in [0.1, 0.15) is 33.5 Å². The first-order valence-electron chi connectivity index (χ1n) is 18.9. The normalized spacial score (nSPS) is 11.9. The van der Waals surface area contributed by atoms with Gasteiger partial charge < -0.3 is 18.2 Å². The van der Waals surface area contributed by atoms with E-state index in [2.05, 4.69) is 181 Å². The van der Waals surface area contributed by atoms with Gasteiger partial charge in [-0.25, -0.2) is 0 Å². The van der Waals surface area contributed by atoms with Crippen molar-refractivity contribution in [2.75, 3.05) is 4.90 Å². The molecule has 3 heterocycles. The lowest BCUT2D eigenvalue weighted by atomic mass is 9.99. The molecule has 0 saturated heterocycles. The van der Waals surface area contributed by atoms with E-state index in [9.17, 15) is 0 Å². The average Bonchev–Trinajstić information content (AvgIpc) is 3.95. The van der Waals surface area contributed by atoms with Crippen LogP contribution in [-0.2, 0) is 0 Å². The summed E-state index contributed by atoms with van der Waals surface area (Å²) in [6.07, 6.45) is 0. The van der Waals surface area contributed by atoms with Crippen LogP contribution in [0.4, 0.5) is 17.1 Å². The lowest BCUT2D eigenvalue weighted by Crippen LogP contribution is -2.10. The molecule has 0 saturated carbocycles. The Bertz CT molecular complexity index is 3490. The quantitative estimate of drug-likeness (QED) is 0.178. The number of benzene rings is 9. The number of para-hydroxylation sites is 4. The van der Waals surface area contributed by atoms with E-state index in [1.165, 1.54) is 10.8 Å². The molecule has 0 atom stereocenters. The van der Waals surface area contributed by atoms with Crippen molar-refractivity contribution in [3.63, 3.8) is 0 Å². The first-order chi connectivity index (χ1) is 27.7. The van der Waals surface area contributed by atoms with Crippen LogP contribution in [0.3, 0.4) is 0 Å². The fraction of sp³-hybridized carbons (Fsp3) is 0. The lowest BCUT2D eigenvalue weighted by Gasteiger charge is -2.26. The minimum absolute atomic E-state index is 0.837. The summed E-state index contributed by atoms with van der Waals surface area (Å²) in [5.41, 5.74) is 12.6. The molecule has 0 bridgehead atoms. The Labute approximate surface area is 321 Å². The van der Waals surface area contributed by atoms with Gasteiger partial charge in [-0.05, 0) is 77.2 Å². The van der Waals surface area contributed by atoms with Gasteiger partial charge >= 0.3 is 0 Å². The largest absolute Gasteiger partial charge is 0.456 e. The monoisotopic (exact) mass is 717 g/mol. The molecular formula is C52H31NO3. The summed E-state index contributed by atoms with van der Waals surface area (Å²) in [6.45, 7) is 0. The minimum Gasteiger partial charge on any atom is -0.456 e. The summed E-state index contributed by atoms with van der Waals surface area (Å²) in [5, 5.41) is 8.92. The van der Waals surface area contributed by atoms with E-state index in [1.54, 1.807) is 0 Å². The van der Waals surface area contributed by atoms with Gasteiger partial charge in [0, 0.05) is 66.3 Å². The Morgan fingerprint density at radius 2 is 0.875 bits per heavy atom. The third kappa shape index (κ3) is 4.66. The number of furan rings is 3. The van der Waals surface area contributed by atoms with E-state index < -0.39 is 0 Å². The van der Waals surface area contributed by atoms with Crippen LogP contribution in [0.1, 0.15) is 0 Å². The topological polar surface area (TPSA) is 42.7 Å². The number of hydrogen-bond acceptors (Lipinski definition) is 4. The summed E-state index contributed by atoms with van der Waals surface area (Å²) in [5.74, 6) is 0. The fourth-order valence-corrected chi connectivity index (χ4v) is 8.65. The molecule has 0 fully saturated rings. The lowest BCUT2D eigenvalue weighted by molar-refractivity contribution is 0.667.